The van der Waals surface area contributed by atoms with Crippen LogP contribution < -0.4 is 10.5 Å². The summed E-state index contributed by atoms with van der Waals surface area (Å²) >= 11 is 0. The van der Waals surface area contributed by atoms with Gasteiger partial charge in [0, 0.05) is 28.8 Å². The molecule has 1 saturated carbocycles. The third kappa shape index (κ3) is 1.69. The SMILES string of the molecule is COc1cc2c(N)cc(C3CC3)nc2cc1F. The minimum Gasteiger partial charge on any atom is -0.494 e. The van der Waals surface area contributed by atoms with Gasteiger partial charge in [-0.1, -0.05) is 0 Å². The minimum atomic E-state index is -0.403. The quantitative estimate of drug-likeness (QED) is 0.866. The lowest BCUT2D eigenvalue weighted by Gasteiger charge is -2.08. The van der Waals surface area contributed by atoms with Gasteiger partial charge >= 0.3 is 0 Å². The molecule has 0 aliphatic heterocycles. The van der Waals surface area contributed by atoms with Crippen molar-refractivity contribution in [3.63, 3.8) is 0 Å². The van der Waals surface area contributed by atoms with Crippen LogP contribution in [0.3, 0.4) is 0 Å². The molecular weight excluding hydrogens is 219 g/mol. The van der Waals surface area contributed by atoms with Gasteiger partial charge in [-0.25, -0.2) is 4.39 Å². The molecule has 1 aliphatic carbocycles. The average molecular weight is 232 g/mol. The molecule has 3 rings (SSSR count). The first-order chi connectivity index (χ1) is 8.19. The molecule has 0 amide bonds. The smallest absolute Gasteiger partial charge is 0.167 e. The van der Waals surface area contributed by atoms with E-state index in [1.54, 1.807) is 6.07 Å². The zero-order chi connectivity index (χ0) is 12.0. The van der Waals surface area contributed by atoms with Crippen LogP contribution in [0.2, 0.25) is 0 Å². The Morgan fingerprint density at radius 2 is 2.12 bits per heavy atom. The molecule has 0 saturated heterocycles. The summed E-state index contributed by atoms with van der Waals surface area (Å²) in [5, 5.41) is 0.743. The first kappa shape index (κ1) is 10.3. The van der Waals surface area contributed by atoms with Gasteiger partial charge in [-0.15, -0.1) is 0 Å². The molecule has 1 aromatic heterocycles. The number of fused-ring (bicyclic) bond motifs is 1. The molecule has 3 nitrogen and oxygen atoms in total. The van der Waals surface area contributed by atoms with Crippen LogP contribution in [0.4, 0.5) is 10.1 Å². The summed E-state index contributed by atoms with van der Waals surface area (Å²) in [7, 11) is 1.44. The zero-order valence-corrected chi connectivity index (χ0v) is 9.53. The van der Waals surface area contributed by atoms with E-state index >= 15 is 0 Å². The Bertz CT molecular complexity index is 593. The highest BCUT2D eigenvalue weighted by atomic mass is 19.1. The van der Waals surface area contributed by atoms with Crippen molar-refractivity contribution >= 4 is 16.6 Å². The molecule has 4 heteroatoms. The van der Waals surface area contributed by atoms with E-state index < -0.39 is 5.82 Å². The highest BCUT2D eigenvalue weighted by Crippen LogP contribution is 2.41. The lowest BCUT2D eigenvalue weighted by Crippen LogP contribution is -1.96. The average Bonchev–Trinajstić information content (AvgIpc) is 3.11. The van der Waals surface area contributed by atoms with Gasteiger partial charge in [0.25, 0.3) is 0 Å². The van der Waals surface area contributed by atoms with Crippen LogP contribution in [0.15, 0.2) is 18.2 Å². The van der Waals surface area contributed by atoms with Crippen molar-refractivity contribution in [3.8, 4) is 5.75 Å². The second-order valence-electron chi connectivity index (χ2n) is 4.41. The zero-order valence-electron chi connectivity index (χ0n) is 9.53. The van der Waals surface area contributed by atoms with Crippen LogP contribution in [0.5, 0.6) is 5.75 Å². The van der Waals surface area contributed by atoms with Crippen LogP contribution in [0, 0.1) is 5.82 Å². The summed E-state index contributed by atoms with van der Waals surface area (Å²) in [5.41, 5.74) is 8.19. The maximum Gasteiger partial charge on any atom is 0.167 e. The molecule has 0 radical (unpaired) electrons. The molecule has 0 atom stereocenters. The number of hydrogen-bond donors (Lipinski definition) is 1. The second kappa shape index (κ2) is 3.58. The van der Waals surface area contributed by atoms with E-state index in [0.717, 1.165) is 23.9 Å². The van der Waals surface area contributed by atoms with Crippen LogP contribution in [-0.2, 0) is 0 Å². The molecule has 1 aromatic carbocycles. The Kier molecular flexibility index (Phi) is 2.18. The van der Waals surface area contributed by atoms with E-state index in [0.29, 0.717) is 17.1 Å². The van der Waals surface area contributed by atoms with Gasteiger partial charge in [-0.3, -0.25) is 4.98 Å². The van der Waals surface area contributed by atoms with Gasteiger partial charge < -0.3 is 10.5 Å². The molecule has 2 N–H and O–H groups in total. The monoisotopic (exact) mass is 232 g/mol. The molecule has 0 unspecified atom stereocenters. The number of nitrogens with zero attached hydrogens (tertiary/aromatic N) is 1. The summed E-state index contributed by atoms with van der Waals surface area (Å²) in [6.07, 6.45) is 2.30. The van der Waals surface area contributed by atoms with Crippen molar-refractivity contribution in [3.05, 3.63) is 29.7 Å². The number of anilines is 1. The summed E-state index contributed by atoms with van der Waals surface area (Å²) < 4.78 is 18.5. The number of halogens is 1. The topological polar surface area (TPSA) is 48.1 Å². The summed E-state index contributed by atoms with van der Waals surface area (Å²) in [6, 6.07) is 4.87. The van der Waals surface area contributed by atoms with E-state index in [2.05, 4.69) is 4.98 Å². The third-order valence-electron chi connectivity index (χ3n) is 3.13. The van der Waals surface area contributed by atoms with Gasteiger partial charge in [0.05, 0.1) is 12.6 Å². The number of nitrogen functional groups attached to an aromatic ring is 1. The first-order valence-electron chi connectivity index (χ1n) is 5.62. The fourth-order valence-corrected chi connectivity index (χ4v) is 2.02. The summed E-state index contributed by atoms with van der Waals surface area (Å²) in [4.78, 5) is 4.46. The van der Waals surface area contributed by atoms with E-state index in [1.165, 1.54) is 13.2 Å². The van der Waals surface area contributed by atoms with Crippen LogP contribution in [0.25, 0.3) is 10.9 Å². The van der Waals surface area contributed by atoms with Crippen molar-refractivity contribution in [1.82, 2.24) is 4.98 Å². The molecular formula is C13H13FN2O. The van der Waals surface area contributed by atoms with Gasteiger partial charge in [-0.05, 0) is 25.0 Å². The molecule has 0 spiro atoms. The minimum absolute atomic E-state index is 0.199. The number of aromatic nitrogens is 1. The van der Waals surface area contributed by atoms with Gasteiger partial charge in [0.1, 0.15) is 0 Å². The van der Waals surface area contributed by atoms with E-state index in [9.17, 15) is 4.39 Å². The number of hydrogen-bond acceptors (Lipinski definition) is 3. The largest absolute Gasteiger partial charge is 0.494 e. The number of ether oxygens (including phenoxy) is 1. The predicted molar refractivity (Wildman–Crippen MR) is 64.6 cm³/mol. The van der Waals surface area contributed by atoms with Crippen molar-refractivity contribution in [1.29, 1.82) is 0 Å². The lowest BCUT2D eigenvalue weighted by molar-refractivity contribution is 0.387. The maximum absolute atomic E-state index is 13.6. The highest BCUT2D eigenvalue weighted by Gasteiger charge is 2.25. The van der Waals surface area contributed by atoms with Crippen molar-refractivity contribution < 1.29 is 9.13 Å². The Morgan fingerprint density at radius 3 is 2.76 bits per heavy atom. The molecule has 2 aromatic rings. The van der Waals surface area contributed by atoms with Crippen LogP contribution in [-0.4, -0.2) is 12.1 Å². The normalized spacial score (nSPS) is 15.2. The summed E-state index contributed by atoms with van der Waals surface area (Å²) in [6.45, 7) is 0. The van der Waals surface area contributed by atoms with Crippen molar-refractivity contribution in [2.45, 2.75) is 18.8 Å². The predicted octanol–water partition coefficient (Wildman–Crippen LogP) is 2.84. The number of pyridine rings is 1. The van der Waals surface area contributed by atoms with E-state index in [-0.39, 0.29) is 5.75 Å². The second-order valence-corrected chi connectivity index (χ2v) is 4.41. The number of nitrogens with two attached hydrogens (primary N) is 1. The highest BCUT2D eigenvalue weighted by molar-refractivity contribution is 5.91. The lowest BCUT2D eigenvalue weighted by atomic mass is 10.1. The van der Waals surface area contributed by atoms with Crippen LogP contribution in [0.1, 0.15) is 24.5 Å². The third-order valence-corrected chi connectivity index (χ3v) is 3.13. The van der Waals surface area contributed by atoms with Crippen LogP contribution >= 0.6 is 0 Å². The van der Waals surface area contributed by atoms with Gasteiger partial charge in [-0.2, -0.15) is 0 Å². The number of benzene rings is 1. The standard InChI is InChI=1S/C13H13FN2O/c1-17-13-4-8-10(15)6-11(7-2-3-7)16-12(8)5-9(13)14/h4-7H,2-3H2,1H3,(H2,15,16). The maximum atomic E-state index is 13.6. The van der Waals surface area contributed by atoms with Crippen molar-refractivity contribution in [2.24, 2.45) is 0 Å². The number of rotatable bonds is 2. The first-order valence-corrected chi connectivity index (χ1v) is 5.62. The van der Waals surface area contributed by atoms with E-state index in [1.807, 2.05) is 6.07 Å². The molecule has 1 aliphatic rings. The Morgan fingerprint density at radius 1 is 1.35 bits per heavy atom. The summed E-state index contributed by atoms with van der Waals surface area (Å²) in [5.74, 6) is 0.303. The van der Waals surface area contributed by atoms with E-state index in [4.69, 9.17) is 10.5 Å². The Balaban J connectivity index is 2.24. The molecule has 0 bridgehead atoms. The Labute approximate surface area is 98.4 Å². The fourth-order valence-electron chi connectivity index (χ4n) is 2.02. The molecule has 1 fully saturated rings. The fraction of sp³-hybridized carbons (Fsp3) is 0.308. The molecule has 1 heterocycles. The van der Waals surface area contributed by atoms with Crippen molar-refractivity contribution in [2.75, 3.05) is 12.8 Å². The molecule has 17 heavy (non-hydrogen) atoms. The number of methoxy groups -OCH3 is 1. The Hall–Kier alpha value is -1.84. The van der Waals surface area contributed by atoms with Gasteiger partial charge in [0.15, 0.2) is 11.6 Å². The van der Waals surface area contributed by atoms with Gasteiger partial charge in [0.2, 0.25) is 0 Å². The molecule has 88 valence electrons.